The lowest BCUT2D eigenvalue weighted by atomic mass is 10.1. The fourth-order valence-corrected chi connectivity index (χ4v) is 3.29. The summed E-state index contributed by atoms with van der Waals surface area (Å²) in [6.45, 7) is 7.18. The molecule has 3 rings (SSSR count). The van der Waals surface area contributed by atoms with Crippen LogP contribution in [0.15, 0.2) is 45.8 Å². The molecule has 0 aliphatic heterocycles. The van der Waals surface area contributed by atoms with Crippen LogP contribution >= 0.6 is 0 Å². The second-order valence-corrected chi connectivity index (χ2v) is 7.85. The summed E-state index contributed by atoms with van der Waals surface area (Å²) < 4.78 is 55.1. The highest BCUT2D eigenvalue weighted by Crippen LogP contribution is 2.34. The minimum Gasteiger partial charge on any atom is -0.450 e. The Labute approximate surface area is 185 Å². The Balaban J connectivity index is 2.19. The highest BCUT2D eigenvalue weighted by atomic mass is 32.2. The molecular weight excluding hydrogens is 442 g/mol. The molecule has 11 heteroatoms. The minimum absolute atomic E-state index is 0.0324. The summed E-state index contributed by atoms with van der Waals surface area (Å²) in [5, 5.41) is 0. The predicted molar refractivity (Wildman–Crippen MR) is 115 cm³/mol. The second kappa shape index (κ2) is 9.96. The molecule has 0 saturated heterocycles. The van der Waals surface area contributed by atoms with Crippen LogP contribution in [0, 0.1) is 18.6 Å². The van der Waals surface area contributed by atoms with Crippen LogP contribution in [0.3, 0.4) is 0 Å². The van der Waals surface area contributed by atoms with Gasteiger partial charge in [0.1, 0.15) is 11.5 Å². The van der Waals surface area contributed by atoms with Crippen LogP contribution in [0.25, 0.3) is 11.3 Å². The van der Waals surface area contributed by atoms with Gasteiger partial charge in [0.25, 0.3) is 5.56 Å². The summed E-state index contributed by atoms with van der Waals surface area (Å²) in [5.74, 6) is -2.03. The second-order valence-electron chi connectivity index (χ2n) is 6.99. The molecule has 0 spiro atoms. The third kappa shape index (κ3) is 5.35. The molecule has 0 radical (unpaired) electrons. The van der Waals surface area contributed by atoms with Crippen LogP contribution < -0.4 is 10.3 Å². The number of hydrogen-bond donors (Lipinski definition) is 0. The quantitative estimate of drug-likeness (QED) is 0.458. The molecule has 32 heavy (non-hydrogen) atoms. The van der Waals surface area contributed by atoms with E-state index in [0.29, 0.717) is 17.2 Å². The number of ether oxygens (including phenoxy) is 1. The molecule has 2 aromatic heterocycles. The lowest BCUT2D eigenvalue weighted by molar-refractivity contribution is 0.369. The van der Waals surface area contributed by atoms with Gasteiger partial charge < -0.3 is 22.1 Å². The van der Waals surface area contributed by atoms with Crippen molar-refractivity contribution in [3.8, 4) is 22.8 Å². The van der Waals surface area contributed by atoms with E-state index in [1.807, 2.05) is 13.8 Å². The van der Waals surface area contributed by atoms with E-state index < -0.39 is 22.5 Å². The van der Waals surface area contributed by atoms with E-state index >= 15 is 0 Å². The van der Waals surface area contributed by atoms with Gasteiger partial charge in [0.15, 0.2) is 17.3 Å². The average Bonchev–Trinajstić information content (AvgIpc) is 2.73. The fraction of sp³-hybridized carbons (Fsp3) is 0.286. The summed E-state index contributed by atoms with van der Waals surface area (Å²) in [7, 11) is -2.00. The number of benzene rings is 1. The van der Waals surface area contributed by atoms with Crippen molar-refractivity contribution >= 4 is 16.8 Å². The van der Waals surface area contributed by atoms with E-state index in [0.717, 1.165) is 12.1 Å². The molecule has 8 nitrogen and oxygen atoms in total. The van der Waals surface area contributed by atoms with Gasteiger partial charge in [0, 0.05) is 36.0 Å². The van der Waals surface area contributed by atoms with Gasteiger partial charge in [-0.15, -0.1) is 0 Å². The van der Waals surface area contributed by atoms with E-state index in [9.17, 15) is 17.8 Å². The number of hydrogen-bond acceptors (Lipinski definition) is 8. The topological polar surface area (TPSA) is 95.7 Å². The molecule has 0 aliphatic rings. The number of aromatic nitrogens is 3. The minimum atomic E-state index is -2.00. The van der Waals surface area contributed by atoms with Crippen molar-refractivity contribution in [2.24, 2.45) is 4.36 Å². The molecule has 2 heterocycles. The molecule has 0 saturated carbocycles. The van der Waals surface area contributed by atoms with Gasteiger partial charge in [-0.2, -0.15) is 0 Å². The molecule has 0 aliphatic carbocycles. The van der Waals surface area contributed by atoms with Crippen LogP contribution in [0.4, 0.5) is 14.7 Å². The van der Waals surface area contributed by atoms with Gasteiger partial charge in [-0.05, 0) is 45.9 Å². The molecule has 0 atom stereocenters. The Hall–Kier alpha value is -3.18. The highest BCUT2D eigenvalue weighted by molar-refractivity contribution is 7.69. The van der Waals surface area contributed by atoms with E-state index in [4.69, 9.17) is 8.92 Å². The first-order valence-corrected chi connectivity index (χ1v) is 10.7. The summed E-state index contributed by atoms with van der Waals surface area (Å²) in [6, 6.07) is 4.33. The smallest absolute Gasteiger partial charge is 0.253 e. The van der Waals surface area contributed by atoms with Gasteiger partial charge in [-0.3, -0.25) is 4.79 Å². The summed E-state index contributed by atoms with van der Waals surface area (Å²) in [6.07, 6.45) is 2.81. The zero-order valence-electron chi connectivity index (χ0n) is 17.8. The van der Waals surface area contributed by atoms with Gasteiger partial charge in [0.05, 0.1) is 6.20 Å². The predicted octanol–water partition coefficient (Wildman–Crippen LogP) is 5.00. The van der Waals surface area contributed by atoms with E-state index in [-0.39, 0.29) is 41.3 Å². The lowest BCUT2D eigenvalue weighted by Gasteiger charge is -2.16. The Morgan fingerprint density at radius 2 is 1.97 bits per heavy atom. The average molecular weight is 463 g/mol. The molecule has 0 unspecified atom stereocenters. The first kappa shape index (κ1) is 23.5. The molecule has 170 valence electrons. The van der Waals surface area contributed by atoms with Gasteiger partial charge in [-0.1, -0.05) is 10.9 Å². The van der Waals surface area contributed by atoms with Gasteiger partial charge >= 0.3 is 0 Å². The zero-order valence-corrected chi connectivity index (χ0v) is 18.7. The number of pyridine rings is 1. The number of rotatable bonds is 7. The van der Waals surface area contributed by atoms with Crippen molar-refractivity contribution in [2.75, 3.05) is 6.61 Å². The van der Waals surface area contributed by atoms with Crippen molar-refractivity contribution in [2.45, 2.75) is 33.7 Å². The number of aryl methyl sites for hydroxylation is 1. The molecule has 0 N–H and O–H groups in total. The van der Waals surface area contributed by atoms with Crippen molar-refractivity contribution in [3.63, 3.8) is 0 Å². The zero-order chi connectivity index (χ0) is 23.4. The monoisotopic (exact) mass is 463 g/mol. The van der Waals surface area contributed by atoms with Crippen molar-refractivity contribution < 1.29 is 21.9 Å². The van der Waals surface area contributed by atoms with Crippen LogP contribution in [0.1, 0.15) is 32.4 Å². The fourth-order valence-electron chi connectivity index (χ4n) is 2.81. The highest BCUT2D eigenvalue weighted by Gasteiger charge is 2.17. The Bertz CT molecular complexity index is 1290. The first-order chi connectivity index (χ1) is 15.2. The van der Waals surface area contributed by atoms with Crippen LogP contribution in [-0.4, -0.2) is 21.1 Å². The summed E-state index contributed by atoms with van der Waals surface area (Å²) >= 11 is 0. The molecule has 1 aromatic carbocycles. The third-order valence-electron chi connectivity index (χ3n) is 4.28. The van der Waals surface area contributed by atoms with E-state index in [1.54, 1.807) is 26.1 Å². The Morgan fingerprint density at radius 1 is 1.22 bits per heavy atom. The first-order valence-electron chi connectivity index (χ1n) is 9.69. The maximum atomic E-state index is 14.2. The van der Waals surface area contributed by atoms with Crippen molar-refractivity contribution in [1.82, 2.24) is 14.5 Å². The van der Waals surface area contributed by atoms with Crippen molar-refractivity contribution in [3.05, 3.63) is 64.2 Å². The van der Waals surface area contributed by atoms with Crippen molar-refractivity contribution in [1.29, 1.82) is 0 Å². The Morgan fingerprint density at radius 3 is 2.62 bits per heavy atom. The molecular formula is C21H21F2N4O4S-. The maximum absolute atomic E-state index is 14.2. The molecule has 0 fully saturated rings. The van der Waals surface area contributed by atoms with Crippen LogP contribution in [0.2, 0.25) is 0 Å². The maximum Gasteiger partial charge on any atom is 0.253 e. The summed E-state index contributed by atoms with van der Waals surface area (Å²) in [5.41, 5.74) is 0.917. The molecule has 3 aromatic rings. The van der Waals surface area contributed by atoms with Crippen LogP contribution in [0.5, 0.6) is 11.5 Å². The van der Waals surface area contributed by atoms with Gasteiger partial charge in [0.2, 0.25) is 5.95 Å². The molecule has 0 bridgehead atoms. The van der Waals surface area contributed by atoms with Gasteiger partial charge in [-0.25, -0.2) is 18.7 Å². The third-order valence-corrected chi connectivity index (χ3v) is 5.03. The molecule has 0 amide bonds. The SMILES string of the molecule is CCO[S-](=O)=Nc1ncc(Oc2ccc(F)cc2F)c(-c2cc(C)c(=O)n(C(C)C)c2)n1. The van der Waals surface area contributed by atoms with E-state index in [1.165, 1.54) is 10.8 Å². The Kier molecular flexibility index (Phi) is 7.31. The van der Waals surface area contributed by atoms with Crippen LogP contribution in [-0.2, 0) is 19.3 Å². The largest absolute Gasteiger partial charge is 0.450 e. The normalized spacial score (nSPS) is 12.3. The standard InChI is InChI=1S/C21H21F2N4O4S/c1-5-30-32(29)26-21-24-10-18(31-17-7-6-15(22)9-16(17)23)19(25-21)14-8-13(4)20(28)27(11-14)12(2)3/h6-12H,5H2,1-4H3/q-1. The summed E-state index contributed by atoms with van der Waals surface area (Å²) in [4.78, 5) is 20.7. The van der Waals surface area contributed by atoms with E-state index in [2.05, 4.69) is 14.3 Å². The number of halogens is 2. The number of nitrogens with zero attached hydrogens (tertiary/aromatic N) is 4. The lowest BCUT2D eigenvalue weighted by Crippen LogP contribution is -2.23.